The van der Waals surface area contributed by atoms with Gasteiger partial charge in [0.15, 0.2) is 0 Å². The number of allylic oxidation sites excluding steroid dienone is 4. The van der Waals surface area contributed by atoms with Crippen molar-refractivity contribution in [3.63, 3.8) is 0 Å². The minimum absolute atomic E-state index is 0.954. The van der Waals surface area contributed by atoms with Gasteiger partial charge in [0.2, 0.25) is 0 Å². The molecule has 35 valence electrons. The molecule has 0 unspecified atom stereocenters. The molecule has 1 nitrogen and oxygen atoms in total. The Morgan fingerprint density at radius 1 is 1.71 bits per heavy atom. The maximum atomic E-state index is 10.2. The Morgan fingerprint density at radius 3 is 2.86 bits per heavy atom. The van der Waals surface area contributed by atoms with E-state index in [2.05, 4.69) is 0 Å². The molecule has 0 fully saturated rings. The van der Waals surface area contributed by atoms with Crippen molar-refractivity contribution >= 4 is 0 Å². The van der Waals surface area contributed by atoms with E-state index in [0.29, 0.717) is 0 Å². The molecule has 1 aliphatic carbocycles. The standard InChI is InChI=1S/C5H5.O.Zr/c1-2-4-5-3-1;;/h1-3H,4H2;;. The van der Waals surface area contributed by atoms with Crippen LogP contribution in [0.1, 0.15) is 6.42 Å². The molecular weight excluding hydrogens is 167 g/mol. The molecule has 0 radical (unpaired) electrons. The van der Waals surface area contributed by atoms with Crippen LogP contribution in [0.5, 0.6) is 0 Å². The average Bonchev–Trinajstić information content (AvgIpc) is 2.14. The summed E-state index contributed by atoms with van der Waals surface area (Å²) in [5.41, 5.74) is 0. The summed E-state index contributed by atoms with van der Waals surface area (Å²) in [7, 11) is 0. The fraction of sp³-hybridized carbons (Fsp3) is 0.200. The van der Waals surface area contributed by atoms with Crippen LogP contribution in [-0.2, 0) is 26.1 Å². The van der Waals surface area contributed by atoms with Crippen molar-refractivity contribution in [3.05, 3.63) is 21.5 Å². The van der Waals surface area contributed by atoms with E-state index in [-0.39, 0.29) is 0 Å². The van der Waals surface area contributed by atoms with Crippen LogP contribution >= 0.6 is 0 Å². The summed E-state index contributed by atoms with van der Waals surface area (Å²) in [6.07, 6.45) is 6.91. The van der Waals surface area contributed by atoms with Gasteiger partial charge in [-0.1, -0.05) is 0 Å². The Labute approximate surface area is 54.1 Å². The van der Waals surface area contributed by atoms with Crippen molar-refractivity contribution in [1.29, 1.82) is 0 Å². The van der Waals surface area contributed by atoms with Crippen molar-refractivity contribution in [2.24, 2.45) is 0 Å². The van der Waals surface area contributed by atoms with E-state index in [9.17, 15) is 2.81 Å². The van der Waals surface area contributed by atoms with Crippen LogP contribution in [0.3, 0.4) is 0 Å². The predicted octanol–water partition coefficient (Wildman–Crippen LogP) is 1.26. The van der Waals surface area contributed by atoms with Gasteiger partial charge in [-0.3, -0.25) is 0 Å². The summed E-state index contributed by atoms with van der Waals surface area (Å²) >= 11 is -1.29. The second-order valence-electron chi connectivity index (χ2n) is 1.43. The third kappa shape index (κ3) is 1.27. The molecular formula is C5H5OZr. The van der Waals surface area contributed by atoms with Gasteiger partial charge in [0.05, 0.1) is 0 Å². The number of hydrogen-bond acceptors (Lipinski definition) is 1. The molecule has 0 saturated heterocycles. The normalized spacial score (nSPS) is 16.3. The molecule has 0 aromatic carbocycles. The van der Waals surface area contributed by atoms with Gasteiger partial charge < -0.3 is 0 Å². The zero-order valence-electron chi connectivity index (χ0n) is 3.85. The van der Waals surface area contributed by atoms with Crippen LogP contribution < -0.4 is 0 Å². The van der Waals surface area contributed by atoms with Gasteiger partial charge in [-0.25, -0.2) is 0 Å². The van der Waals surface area contributed by atoms with Crippen molar-refractivity contribution in [1.82, 2.24) is 0 Å². The topological polar surface area (TPSA) is 17.1 Å². The molecule has 0 saturated carbocycles. The van der Waals surface area contributed by atoms with E-state index in [1.54, 1.807) is 0 Å². The van der Waals surface area contributed by atoms with Gasteiger partial charge in [-0.05, 0) is 0 Å². The summed E-state index contributed by atoms with van der Waals surface area (Å²) in [4.78, 5) is 0. The third-order valence-corrected chi connectivity index (χ3v) is 2.46. The predicted molar refractivity (Wildman–Crippen MR) is 22.5 cm³/mol. The van der Waals surface area contributed by atoms with E-state index in [1.165, 1.54) is 3.28 Å². The second-order valence-corrected chi connectivity index (χ2v) is 3.51. The Hall–Kier alpha value is 0.163. The van der Waals surface area contributed by atoms with Gasteiger partial charge in [0.25, 0.3) is 0 Å². The number of hydrogen-bond donors (Lipinski definition) is 0. The summed E-state index contributed by atoms with van der Waals surface area (Å²) in [5, 5.41) is 0. The minimum atomic E-state index is -1.29. The molecule has 1 rings (SSSR count). The first-order valence-corrected chi connectivity index (χ1v) is 4.40. The Bertz CT molecular complexity index is 135. The molecule has 0 aromatic heterocycles. The Kier molecular flexibility index (Phi) is 1.87. The third-order valence-electron chi connectivity index (χ3n) is 0.902. The van der Waals surface area contributed by atoms with E-state index in [4.69, 9.17) is 0 Å². The summed E-state index contributed by atoms with van der Waals surface area (Å²) in [6, 6.07) is 0. The van der Waals surface area contributed by atoms with Gasteiger partial charge in [-0.15, -0.1) is 0 Å². The SMILES string of the molecule is [O]=[Zr][C]1=CC=CC1. The van der Waals surface area contributed by atoms with E-state index >= 15 is 0 Å². The van der Waals surface area contributed by atoms with Crippen molar-refractivity contribution in [2.75, 3.05) is 0 Å². The zero-order chi connectivity index (χ0) is 5.11. The first-order chi connectivity index (χ1) is 3.43. The first kappa shape index (κ1) is 5.30. The molecule has 0 spiro atoms. The van der Waals surface area contributed by atoms with Gasteiger partial charge in [0, 0.05) is 0 Å². The van der Waals surface area contributed by atoms with Gasteiger partial charge in [0.1, 0.15) is 0 Å². The molecule has 0 amide bonds. The van der Waals surface area contributed by atoms with Crippen LogP contribution in [0.15, 0.2) is 21.5 Å². The van der Waals surface area contributed by atoms with Crippen molar-refractivity contribution in [3.8, 4) is 0 Å². The summed E-state index contributed by atoms with van der Waals surface area (Å²) < 4.78 is 11.4. The van der Waals surface area contributed by atoms with Gasteiger partial charge >= 0.3 is 54.0 Å². The van der Waals surface area contributed by atoms with Crippen LogP contribution in [-0.4, -0.2) is 0 Å². The Morgan fingerprint density at radius 2 is 2.57 bits per heavy atom. The van der Waals surface area contributed by atoms with Crippen LogP contribution in [0.4, 0.5) is 0 Å². The molecule has 0 atom stereocenters. The van der Waals surface area contributed by atoms with E-state index < -0.39 is 23.2 Å². The average molecular weight is 172 g/mol. The summed E-state index contributed by atoms with van der Waals surface area (Å²) in [6.45, 7) is 0. The molecule has 2 heteroatoms. The second kappa shape index (κ2) is 2.47. The van der Waals surface area contributed by atoms with E-state index in [1.807, 2.05) is 18.2 Å². The zero-order valence-corrected chi connectivity index (χ0v) is 6.31. The fourth-order valence-corrected chi connectivity index (χ4v) is 1.42. The molecule has 0 aromatic rings. The number of rotatable bonds is 1. The monoisotopic (exact) mass is 171 g/mol. The quantitative estimate of drug-likeness (QED) is 0.582. The molecule has 7 heavy (non-hydrogen) atoms. The van der Waals surface area contributed by atoms with Crippen LogP contribution in [0.2, 0.25) is 0 Å². The fourth-order valence-electron chi connectivity index (χ4n) is 0.523. The van der Waals surface area contributed by atoms with Crippen molar-refractivity contribution < 1.29 is 26.1 Å². The van der Waals surface area contributed by atoms with Crippen molar-refractivity contribution in [2.45, 2.75) is 6.42 Å². The summed E-state index contributed by atoms with van der Waals surface area (Å²) in [5.74, 6) is 0. The molecule has 1 aliphatic rings. The van der Waals surface area contributed by atoms with Crippen LogP contribution in [0, 0.1) is 0 Å². The molecule has 0 aliphatic heterocycles. The first-order valence-electron chi connectivity index (χ1n) is 2.17. The Balaban J connectivity index is 2.61. The molecule has 0 N–H and O–H groups in total. The molecule has 0 heterocycles. The molecule has 0 bridgehead atoms. The maximum absolute atomic E-state index is 10.2. The van der Waals surface area contributed by atoms with Gasteiger partial charge in [-0.2, -0.15) is 0 Å². The van der Waals surface area contributed by atoms with Crippen LogP contribution in [0.25, 0.3) is 0 Å². The van der Waals surface area contributed by atoms with E-state index in [0.717, 1.165) is 6.42 Å².